The molecular formula is C22H21N3O2S2. The van der Waals surface area contributed by atoms with Crippen LogP contribution in [0.1, 0.15) is 30.7 Å². The lowest BCUT2D eigenvalue weighted by Gasteiger charge is -2.26. The van der Waals surface area contributed by atoms with Crippen molar-refractivity contribution in [3.8, 4) is 22.2 Å². The number of pyridine rings is 1. The van der Waals surface area contributed by atoms with Gasteiger partial charge in [-0.15, -0.1) is 22.7 Å². The summed E-state index contributed by atoms with van der Waals surface area (Å²) in [6.07, 6.45) is 8.54. The van der Waals surface area contributed by atoms with Gasteiger partial charge < -0.3 is 9.84 Å². The number of nitrogens with zero attached hydrogens (tertiary/aromatic N) is 3. The Bertz CT molecular complexity index is 1110. The number of rotatable bonds is 5. The number of ether oxygens (including phenoxy) is 1. The number of aliphatic hydroxyl groups excluding tert-OH is 1. The van der Waals surface area contributed by atoms with Crippen molar-refractivity contribution in [2.24, 2.45) is 5.92 Å². The third-order valence-electron chi connectivity index (χ3n) is 5.33. The van der Waals surface area contributed by atoms with E-state index in [1.54, 1.807) is 35.1 Å². The molecular weight excluding hydrogens is 402 g/mol. The highest BCUT2D eigenvalue weighted by Gasteiger charge is 2.24. The number of benzene rings is 1. The van der Waals surface area contributed by atoms with Gasteiger partial charge in [0, 0.05) is 36.3 Å². The second kappa shape index (κ2) is 8.18. The second-order valence-electron chi connectivity index (χ2n) is 7.37. The smallest absolute Gasteiger partial charge is 0.141 e. The van der Waals surface area contributed by atoms with Crippen LogP contribution < -0.4 is 4.74 Å². The van der Waals surface area contributed by atoms with Gasteiger partial charge in [-0.05, 0) is 37.0 Å². The van der Waals surface area contributed by atoms with Gasteiger partial charge in [0.2, 0.25) is 0 Å². The molecule has 1 aromatic carbocycles. The first-order valence-corrected chi connectivity index (χ1v) is 11.6. The van der Waals surface area contributed by atoms with Crippen LogP contribution in [0.25, 0.3) is 20.9 Å². The number of aromatic nitrogens is 3. The fourth-order valence-electron chi connectivity index (χ4n) is 3.83. The fourth-order valence-corrected chi connectivity index (χ4v) is 5.52. The molecule has 0 aliphatic heterocycles. The minimum Gasteiger partial charge on any atom is -0.457 e. The second-order valence-corrected chi connectivity index (χ2v) is 9.38. The summed E-state index contributed by atoms with van der Waals surface area (Å²) in [6, 6.07) is 9.75. The molecule has 5 rings (SSSR count). The van der Waals surface area contributed by atoms with E-state index in [0.29, 0.717) is 5.92 Å². The summed E-state index contributed by atoms with van der Waals surface area (Å²) in [4.78, 5) is 13.5. The molecule has 1 saturated carbocycles. The zero-order valence-electron chi connectivity index (χ0n) is 15.8. The highest BCUT2D eigenvalue weighted by atomic mass is 32.1. The van der Waals surface area contributed by atoms with Gasteiger partial charge in [0.05, 0.1) is 21.3 Å². The van der Waals surface area contributed by atoms with Crippen LogP contribution in [0.4, 0.5) is 0 Å². The Morgan fingerprint density at radius 2 is 1.93 bits per heavy atom. The zero-order chi connectivity index (χ0) is 19.6. The van der Waals surface area contributed by atoms with Crippen LogP contribution in [0, 0.1) is 5.92 Å². The van der Waals surface area contributed by atoms with Gasteiger partial charge in [-0.2, -0.15) is 0 Å². The van der Waals surface area contributed by atoms with Gasteiger partial charge in [0.15, 0.2) is 0 Å². The standard InChI is InChI=1S/C22H21N3O2S2/c26-19-4-2-1-3-14(19)11-21-25-17-6-5-15(13-20(17)29-21)27-16-7-8-23-18(12-16)22-24-9-10-28-22/h5-10,12-14,19,26H,1-4,11H2/t14-,19+/m0/s1. The summed E-state index contributed by atoms with van der Waals surface area (Å²) in [5, 5.41) is 14.2. The molecule has 5 nitrogen and oxygen atoms in total. The molecule has 3 heterocycles. The topological polar surface area (TPSA) is 68.1 Å². The summed E-state index contributed by atoms with van der Waals surface area (Å²) < 4.78 is 7.19. The van der Waals surface area contributed by atoms with Crippen LogP contribution in [0.5, 0.6) is 11.5 Å². The summed E-state index contributed by atoms with van der Waals surface area (Å²) in [5.74, 6) is 1.85. The quantitative estimate of drug-likeness (QED) is 0.446. The van der Waals surface area contributed by atoms with E-state index in [-0.39, 0.29) is 6.10 Å². The van der Waals surface area contributed by atoms with Crippen molar-refractivity contribution < 1.29 is 9.84 Å². The SMILES string of the molecule is O[C@@H]1CCCC[C@H]1Cc1nc2ccc(Oc3ccnc(-c4nccs4)c3)cc2s1. The zero-order valence-corrected chi connectivity index (χ0v) is 17.5. The Labute approximate surface area is 177 Å². The van der Waals surface area contributed by atoms with Gasteiger partial charge >= 0.3 is 0 Å². The molecule has 1 fully saturated rings. The van der Waals surface area contributed by atoms with Crippen molar-refractivity contribution in [2.75, 3.05) is 0 Å². The summed E-state index contributed by atoms with van der Waals surface area (Å²) in [5.41, 5.74) is 1.80. The molecule has 0 radical (unpaired) electrons. The van der Waals surface area contributed by atoms with E-state index in [9.17, 15) is 5.11 Å². The van der Waals surface area contributed by atoms with Gasteiger partial charge in [-0.3, -0.25) is 4.98 Å². The predicted molar refractivity (Wildman–Crippen MR) is 117 cm³/mol. The van der Waals surface area contributed by atoms with Crippen molar-refractivity contribution in [1.29, 1.82) is 0 Å². The van der Waals surface area contributed by atoms with Gasteiger partial charge in [0.25, 0.3) is 0 Å². The molecule has 0 unspecified atom stereocenters. The Morgan fingerprint density at radius 3 is 2.79 bits per heavy atom. The van der Waals surface area contributed by atoms with E-state index in [1.165, 1.54) is 6.42 Å². The van der Waals surface area contributed by atoms with Crippen molar-refractivity contribution >= 4 is 32.9 Å². The molecule has 0 bridgehead atoms. The third kappa shape index (κ3) is 4.17. The van der Waals surface area contributed by atoms with E-state index >= 15 is 0 Å². The molecule has 0 spiro atoms. The molecule has 2 atom stereocenters. The summed E-state index contributed by atoms with van der Waals surface area (Å²) in [6.45, 7) is 0. The van der Waals surface area contributed by atoms with E-state index in [2.05, 4.69) is 9.97 Å². The van der Waals surface area contributed by atoms with Crippen LogP contribution in [0.3, 0.4) is 0 Å². The average molecular weight is 424 g/mol. The number of hydrogen-bond acceptors (Lipinski definition) is 7. The maximum atomic E-state index is 10.3. The Kier molecular flexibility index (Phi) is 5.26. The Hall–Kier alpha value is -2.35. The number of aliphatic hydroxyl groups is 1. The third-order valence-corrected chi connectivity index (χ3v) is 7.16. The highest BCUT2D eigenvalue weighted by Crippen LogP contribution is 2.33. The Morgan fingerprint density at radius 1 is 1.03 bits per heavy atom. The number of thiazole rings is 2. The lowest BCUT2D eigenvalue weighted by Crippen LogP contribution is -2.26. The van der Waals surface area contributed by atoms with Crippen LogP contribution in [-0.4, -0.2) is 26.2 Å². The largest absolute Gasteiger partial charge is 0.457 e. The van der Waals surface area contributed by atoms with Gasteiger partial charge in [-0.1, -0.05) is 12.8 Å². The normalized spacial score (nSPS) is 19.5. The van der Waals surface area contributed by atoms with E-state index < -0.39 is 0 Å². The van der Waals surface area contributed by atoms with E-state index in [0.717, 1.165) is 63.1 Å². The Balaban J connectivity index is 1.34. The van der Waals surface area contributed by atoms with Crippen molar-refractivity contribution in [2.45, 2.75) is 38.2 Å². The first kappa shape index (κ1) is 18.7. The number of hydrogen-bond donors (Lipinski definition) is 1. The van der Waals surface area contributed by atoms with Crippen molar-refractivity contribution in [1.82, 2.24) is 15.0 Å². The minimum atomic E-state index is -0.187. The molecule has 1 N–H and O–H groups in total. The molecule has 1 aliphatic rings. The molecule has 7 heteroatoms. The minimum absolute atomic E-state index is 0.187. The molecule has 148 valence electrons. The van der Waals surface area contributed by atoms with Crippen LogP contribution in [-0.2, 0) is 6.42 Å². The van der Waals surface area contributed by atoms with Crippen LogP contribution in [0.15, 0.2) is 48.1 Å². The first-order valence-electron chi connectivity index (χ1n) is 9.86. The van der Waals surface area contributed by atoms with Gasteiger partial charge in [-0.25, -0.2) is 9.97 Å². The van der Waals surface area contributed by atoms with Crippen LogP contribution >= 0.6 is 22.7 Å². The monoisotopic (exact) mass is 423 g/mol. The summed E-state index contributed by atoms with van der Waals surface area (Å²) >= 11 is 3.25. The molecule has 4 aromatic rings. The summed E-state index contributed by atoms with van der Waals surface area (Å²) in [7, 11) is 0. The maximum absolute atomic E-state index is 10.3. The molecule has 0 saturated heterocycles. The van der Waals surface area contributed by atoms with Crippen molar-refractivity contribution in [3.05, 3.63) is 53.1 Å². The lowest BCUT2D eigenvalue weighted by atomic mass is 9.84. The molecule has 3 aromatic heterocycles. The average Bonchev–Trinajstić information content (AvgIpc) is 3.39. The number of fused-ring (bicyclic) bond motifs is 1. The van der Waals surface area contributed by atoms with Crippen LogP contribution in [0.2, 0.25) is 0 Å². The fraction of sp³-hybridized carbons (Fsp3) is 0.318. The molecule has 1 aliphatic carbocycles. The predicted octanol–water partition coefficient (Wildman–Crippen LogP) is 5.70. The van der Waals surface area contributed by atoms with Crippen molar-refractivity contribution in [3.63, 3.8) is 0 Å². The maximum Gasteiger partial charge on any atom is 0.141 e. The highest BCUT2D eigenvalue weighted by molar-refractivity contribution is 7.18. The lowest BCUT2D eigenvalue weighted by molar-refractivity contribution is 0.0700. The first-order chi connectivity index (χ1) is 14.2. The molecule has 0 amide bonds. The van der Waals surface area contributed by atoms with E-state index in [4.69, 9.17) is 9.72 Å². The van der Waals surface area contributed by atoms with Gasteiger partial charge in [0.1, 0.15) is 22.2 Å². The molecule has 29 heavy (non-hydrogen) atoms. The van der Waals surface area contributed by atoms with E-state index in [1.807, 2.05) is 35.7 Å².